The zero-order chi connectivity index (χ0) is 10.0. The van der Waals surface area contributed by atoms with Crippen LogP contribution in [0.3, 0.4) is 0 Å². The summed E-state index contributed by atoms with van der Waals surface area (Å²) in [6.45, 7) is 3.32. The molecule has 0 atom stereocenters. The summed E-state index contributed by atoms with van der Waals surface area (Å²) in [6, 6.07) is 0. The molecule has 0 bridgehead atoms. The van der Waals surface area contributed by atoms with Gasteiger partial charge in [-0.25, -0.2) is 0 Å². The van der Waals surface area contributed by atoms with Crippen molar-refractivity contribution in [3.63, 3.8) is 0 Å². The minimum Gasteiger partial charge on any atom is -0.446 e. The largest absolute Gasteiger partial charge is 0.446 e. The number of ether oxygens (including phenoxy) is 1. The van der Waals surface area contributed by atoms with Crippen molar-refractivity contribution < 1.29 is 19.1 Å². The van der Waals surface area contributed by atoms with Crippen molar-refractivity contribution >= 4 is 17.5 Å². The molecule has 0 spiro atoms. The molecular weight excluding hydrogens is 172 g/mol. The number of hydrogen-bond acceptors (Lipinski definition) is 4. The first-order chi connectivity index (χ1) is 6.02. The van der Waals surface area contributed by atoms with Crippen molar-refractivity contribution in [3.8, 4) is 0 Å². The maximum absolute atomic E-state index is 11.1. The smallest absolute Gasteiger partial charge is 0.309 e. The fraction of sp³-hybridized carbons (Fsp3) is 0.667. The average molecular weight is 184 g/mol. The molecule has 0 radical (unpaired) electrons. The van der Waals surface area contributed by atoms with E-state index < -0.39 is 12.1 Å². The van der Waals surface area contributed by atoms with Crippen LogP contribution in [0.4, 0.5) is 0 Å². The number of Topliss-reactive ketones (excluding diaryl/α,β-unsaturated/α-hetero) is 2. The van der Waals surface area contributed by atoms with E-state index in [1.807, 2.05) is 0 Å². The Morgan fingerprint density at radius 1 is 1.31 bits per heavy atom. The molecular formula is C9H12O4. The van der Waals surface area contributed by atoms with E-state index in [0.717, 1.165) is 0 Å². The molecule has 0 aromatic heterocycles. The molecule has 1 fully saturated rings. The lowest BCUT2D eigenvalue weighted by Crippen LogP contribution is -2.30. The van der Waals surface area contributed by atoms with Crippen molar-refractivity contribution in [2.75, 3.05) is 0 Å². The summed E-state index contributed by atoms with van der Waals surface area (Å²) >= 11 is 0. The van der Waals surface area contributed by atoms with Crippen LogP contribution in [-0.2, 0) is 19.1 Å². The second kappa shape index (κ2) is 3.68. The van der Waals surface area contributed by atoms with Crippen LogP contribution >= 0.6 is 0 Å². The highest BCUT2D eigenvalue weighted by molar-refractivity contribution is 6.12. The average Bonchev–Trinajstić information content (AvgIpc) is 2.35. The van der Waals surface area contributed by atoms with Gasteiger partial charge in [0.15, 0.2) is 11.6 Å². The number of carbonyl (C=O) groups is 3. The van der Waals surface area contributed by atoms with E-state index in [1.165, 1.54) is 0 Å². The van der Waals surface area contributed by atoms with E-state index in [1.54, 1.807) is 13.8 Å². The molecule has 72 valence electrons. The topological polar surface area (TPSA) is 60.4 Å². The van der Waals surface area contributed by atoms with E-state index in [2.05, 4.69) is 0 Å². The highest BCUT2D eigenvalue weighted by Gasteiger charge is 2.36. The van der Waals surface area contributed by atoms with Gasteiger partial charge < -0.3 is 4.74 Å². The van der Waals surface area contributed by atoms with Gasteiger partial charge in [-0.15, -0.1) is 0 Å². The van der Waals surface area contributed by atoms with Crippen LogP contribution in [0.2, 0.25) is 0 Å². The number of hydrogen-bond donors (Lipinski definition) is 0. The maximum atomic E-state index is 11.1. The third-order valence-corrected chi connectivity index (χ3v) is 1.91. The monoisotopic (exact) mass is 184 g/mol. The molecule has 0 aliphatic heterocycles. The minimum absolute atomic E-state index is 0.203. The molecule has 0 heterocycles. The summed E-state index contributed by atoms with van der Waals surface area (Å²) in [4.78, 5) is 33.2. The summed E-state index contributed by atoms with van der Waals surface area (Å²) < 4.78 is 4.76. The van der Waals surface area contributed by atoms with E-state index in [0.29, 0.717) is 0 Å². The van der Waals surface area contributed by atoms with E-state index in [9.17, 15) is 14.4 Å². The Kier molecular flexibility index (Phi) is 2.80. The third kappa shape index (κ3) is 2.14. The normalized spacial score (nSPS) is 18.4. The fourth-order valence-electron chi connectivity index (χ4n) is 1.07. The molecule has 0 aromatic rings. The molecule has 0 aromatic carbocycles. The molecule has 0 amide bonds. The first-order valence-corrected chi connectivity index (χ1v) is 4.28. The Morgan fingerprint density at radius 3 is 2.15 bits per heavy atom. The molecule has 1 aliphatic carbocycles. The standard InChI is InChI=1S/C9H12O4/c1-5(2)9(12)13-8-6(10)3-4-7(8)11/h5,8H,3-4H2,1-2H3. The van der Waals surface area contributed by atoms with Crippen LogP contribution < -0.4 is 0 Å². The molecule has 4 nitrogen and oxygen atoms in total. The van der Waals surface area contributed by atoms with Crippen molar-refractivity contribution in [2.45, 2.75) is 32.8 Å². The molecule has 13 heavy (non-hydrogen) atoms. The molecule has 0 unspecified atom stereocenters. The summed E-state index contributed by atoms with van der Waals surface area (Å²) in [5.41, 5.74) is 0. The Morgan fingerprint density at radius 2 is 1.77 bits per heavy atom. The summed E-state index contributed by atoms with van der Waals surface area (Å²) in [6.07, 6.45) is -0.709. The fourth-order valence-corrected chi connectivity index (χ4v) is 1.07. The van der Waals surface area contributed by atoms with Gasteiger partial charge in [0, 0.05) is 12.8 Å². The van der Waals surface area contributed by atoms with Gasteiger partial charge in [0.2, 0.25) is 6.10 Å². The van der Waals surface area contributed by atoms with Gasteiger partial charge >= 0.3 is 5.97 Å². The van der Waals surface area contributed by atoms with Gasteiger partial charge in [-0.05, 0) is 0 Å². The van der Waals surface area contributed by atoms with Crippen LogP contribution in [0.15, 0.2) is 0 Å². The van der Waals surface area contributed by atoms with Gasteiger partial charge in [0.25, 0.3) is 0 Å². The molecule has 0 saturated heterocycles. The minimum atomic E-state index is -1.12. The van der Waals surface area contributed by atoms with Gasteiger partial charge in [-0.2, -0.15) is 0 Å². The second-order valence-corrected chi connectivity index (χ2v) is 3.40. The van der Waals surface area contributed by atoms with Crippen molar-refractivity contribution in [2.24, 2.45) is 5.92 Å². The number of ketones is 2. The van der Waals surface area contributed by atoms with Gasteiger partial charge in [0.1, 0.15) is 0 Å². The highest BCUT2D eigenvalue weighted by atomic mass is 16.6. The van der Waals surface area contributed by atoms with Gasteiger partial charge in [-0.1, -0.05) is 13.8 Å². The molecule has 1 rings (SSSR count). The zero-order valence-electron chi connectivity index (χ0n) is 7.70. The predicted octanol–water partition coefficient (Wildman–Crippen LogP) is 0.486. The van der Waals surface area contributed by atoms with Crippen molar-refractivity contribution in [1.29, 1.82) is 0 Å². The van der Waals surface area contributed by atoms with Crippen molar-refractivity contribution in [3.05, 3.63) is 0 Å². The highest BCUT2D eigenvalue weighted by Crippen LogP contribution is 2.15. The number of esters is 1. The number of carbonyl (C=O) groups excluding carboxylic acids is 3. The predicted molar refractivity (Wildman–Crippen MR) is 44.0 cm³/mol. The first kappa shape index (κ1) is 9.89. The summed E-state index contributed by atoms with van der Waals surface area (Å²) in [5.74, 6) is -1.35. The Labute approximate surface area is 76.3 Å². The van der Waals surface area contributed by atoms with Crippen LogP contribution in [0.1, 0.15) is 26.7 Å². The quantitative estimate of drug-likeness (QED) is 0.462. The maximum Gasteiger partial charge on any atom is 0.309 e. The molecule has 1 aliphatic rings. The Balaban J connectivity index is 2.58. The zero-order valence-corrected chi connectivity index (χ0v) is 7.70. The van der Waals surface area contributed by atoms with Gasteiger partial charge in [-0.3, -0.25) is 14.4 Å². The Bertz CT molecular complexity index is 238. The van der Waals surface area contributed by atoms with E-state index in [4.69, 9.17) is 4.74 Å². The second-order valence-electron chi connectivity index (χ2n) is 3.40. The lowest BCUT2D eigenvalue weighted by Gasteiger charge is -2.10. The summed E-state index contributed by atoms with van der Waals surface area (Å²) in [5, 5.41) is 0. The third-order valence-electron chi connectivity index (χ3n) is 1.91. The van der Waals surface area contributed by atoms with E-state index in [-0.39, 0.29) is 30.3 Å². The number of rotatable bonds is 2. The summed E-state index contributed by atoms with van der Waals surface area (Å²) in [7, 11) is 0. The van der Waals surface area contributed by atoms with Crippen LogP contribution in [0.25, 0.3) is 0 Å². The van der Waals surface area contributed by atoms with Crippen LogP contribution in [0.5, 0.6) is 0 Å². The molecule has 1 saturated carbocycles. The van der Waals surface area contributed by atoms with Crippen molar-refractivity contribution in [1.82, 2.24) is 0 Å². The van der Waals surface area contributed by atoms with Crippen LogP contribution in [-0.4, -0.2) is 23.6 Å². The molecule has 4 heteroatoms. The lowest BCUT2D eigenvalue weighted by molar-refractivity contribution is -0.160. The van der Waals surface area contributed by atoms with E-state index >= 15 is 0 Å². The molecule has 0 N–H and O–H groups in total. The Hall–Kier alpha value is -1.19. The van der Waals surface area contributed by atoms with Gasteiger partial charge in [0.05, 0.1) is 5.92 Å². The first-order valence-electron chi connectivity index (χ1n) is 4.28. The lowest BCUT2D eigenvalue weighted by atomic mass is 10.2. The SMILES string of the molecule is CC(C)C(=O)OC1C(=O)CCC1=O. The van der Waals surface area contributed by atoms with Crippen LogP contribution in [0, 0.1) is 5.92 Å².